The van der Waals surface area contributed by atoms with E-state index in [0.717, 1.165) is 31.7 Å². The van der Waals surface area contributed by atoms with Crippen LogP contribution >= 0.6 is 11.3 Å². The van der Waals surface area contributed by atoms with Gasteiger partial charge in [0.05, 0.1) is 28.8 Å². The summed E-state index contributed by atoms with van der Waals surface area (Å²) < 4.78 is 14.8. The Morgan fingerprint density at radius 2 is 1.94 bits per heavy atom. The molecular weight excluding hydrogens is 425 g/mol. The summed E-state index contributed by atoms with van der Waals surface area (Å²) >= 11 is 1.53. The van der Waals surface area contributed by atoms with E-state index in [-0.39, 0.29) is 11.7 Å². The molecule has 0 radical (unpaired) electrons. The molecule has 1 aliphatic heterocycles. The molecule has 1 N–H and O–H groups in total. The molecule has 32 heavy (non-hydrogen) atoms. The summed E-state index contributed by atoms with van der Waals surface area (Å²) in [4.78, 5) is 21.1. The van der Waals surface area contributed by atoms with Gasteiger partial charge in [0.1, 0.15) is 5.82 Å². The number of rotatable bonds is 5. The van der Waals surface area contributed by atoms with Crippen LogP contribution in [0.25, 0.3) is 5.69 Å². The minimum atomic E-state index is -0.313. The van der Waals surface area contributed by atoms with E-state index in [1.165, 1.54) is 40.1 Å². The lowest BCUT2D eigenvalue weighted by atomic mass is 10.1. The highest BCUT2D eigenvalue weighted by molar-refractivity contribution is 7.15. The standard InChI is InChI=1S/C24H22FN5OS/c1-16-20(13-26-30(16)19-9-7-18(25)8-10-19)23(31)28-24-27-21-11-12-29(15-22(21)32-24)14-17-5-3-2-4-6-17/h2-10,13H,11-12,14-15H2,1H3,(H,27,28,31). The quantitative estimate of drug-likeness (QED) is 0.486. The molecule has 5 rings (SSSR count). The zero-order chi connectivity index (χ0) is 22.1. The van der Waals surface area contributed by atoms with Crippen LogP contribution in [-0.2, 0) is 19.5 Å². The summed E-state index contributed by atoms with van der Waals surface area (Å²) in [6, 6.07) is 16.4. The number of benzene rings is 2. The number of hydrogen-bond acceptors (Lipinski definition) is 5. The third kappa shape index (κ3) is 4.19. The fraction of sp³-hybridized carbons (Fsp3) is 0.208. The van der Waals surface area contributed by atoms with Gasteiger partial charge in [0.15, 0.2) is 5.13 Å². The number of aromatic nitrogens is 3. The molecule has 2 aromatic heterocycles. The van der Waals surface area contributed by atoms with Crippen LogP contribution in [0.4, 0.5) is 9.52 Å². The van der Waals surface area contributed by atoms with Crippen molar-refractivity contribution in [3.8, 4) is 5.69 Å². The summed E-state index contributed by atoms with van der Waals surface area (Å²) in [6.07, 6.45) is 2.40. The van der Waals surface area contributed by atoms with Gasteiger partial charge in [-0.1, -0.05) is 30.3 Å². The number of carbonyl (C=O) groups excluding carboxylic acids is 1. The molecule has 0 aliphatic carbocycles. The van der Waals surface area contributed by atoms with Gasteiger partial charge in [0.2, 0.25) is 0 Å². The van der Waals surface area contributed by atoms with Crippen molar-refractivity contribution >= 4 is 22.4 Å². The van der Waals surface area contributed by atoms with Gasteiger partial charge in [-0.25, -0.2) is 14.1 Å². The number of hydrogen-bond donors (Lipinski definition) is 1. The average molecular weight is 448 g/mol. The van der Waals surface area contributed by atoms with E-state index in [0.29, 0.717) is 22.1 Å². The van der Waals surface area contributed by atoms with Crippen molar-refractivity contribution in [3.63, 3.8) is 0 Å². The largest absolute Gasteiger partial charge is 0.298 e. The van der Waals surface area contributed by atoms with E-state index in [1.54, 1.807) is 16.8 Å². The number of halogens is 1. The number of anilines is 1. The van der Waals surface area contributed by atoms with Crippen LogP contribution in [0.3, 0.4) is 0 Å². The Morgan fingerprint density at radius 1 is 1.16 bits per heavy atom. The van der Waals surface area contributed by atoms with E-state index in [2.05, 4.69) is 44.6 Å². The number of amides is 1. The summed E-state index contributed by atoms with van der Waals surface area (Å²) in [6.45, 7) is 4.50. The van der Waals surface area contributed by atoms with Crippen LogP contribution in [0, 0.1) is 12.7 Å². The monoisotopic (exact) mass is 447 g/mol. The molecule has 162 valence electrons. The fourth-order valence-corrected chi connectivity index (χ4v) is 4.96. The van der Waals surface area contributed by atoms with E-state index >= 15 is 0 Å². The van der Waals surface area contributed by atoms with Crippen LogP contribution in [0.1, 0.15) is 32.2 Å². The lowest BCUT2D eigenvalue weighted by Gasteiger charge is -2.25. The van der Waals surface area contributed by atoms with Gasteiger partial charge in [-0.05, 0) is 36.8 Å². The second-order valence-electron chi connectivity index (χ2n) is 7.82. The predicted molar refractivity (Wildman–Crippen MR) is 123 cm³/mol. The highest BCUT2D eigenvalue weighted by Gasteiger charge is 2.23. The molecule has 1 amide bonds. The first-order valence-corrected chi connectivity index (χ1v) is 11.3. The second-order valence-corrected chi connectivity index (χ2v) is 8.90. The maximum Gasteiger partial charge on any atom is 0.260 e. The molecule has 0 saturated carbocycles. The summed E-state index contributed by atoms with van der Waals surface area (Å²) in [5, 5.41) is 7.84. The highest BCUT2D eigenvalue weighted by atomic mass is 32.1. The van der Waals surface area contributed by atoms with Crippen LogP contribution in [0.5, 0.6) is 0 Å². The molecule has 0 fully saturated rings. The molecule has 8 heteroatoms. The lowest BCUT2D eigenvalue weighted by molar-refractivity contribution is 0.102. The van der Waals surface area contributed by atoms with Crippen LogP contribution in [0.2, 0.25) is 0 Å². The van der Waals surface area contributed by atoms with Crippen molar-refractivity contribution in [2.45, 2.75) is 26.4 Å². The van der Waals surface area contributed by atoms with Crippen molar-refractivity contribution < 1.29 is 9.18 Å². The van der Waals surface area contributed by atoms with Crippen LogP contribution in [0.15, 0.2) is 60.8 Å². The van der Waals surface area contributed by atoms with Crippen LogP contribution < -0.4 is 5.32 Å². The smallest absolute Gasteiger partial charge is 0.260 e. The van der Waals surface area contributed by atoms with E-state index < -0.39 is 0 Å². The first kappa shape index (κ1) is 20.5. The van der Waals surface area contributed by atoms with E-state index in [1.807, 2.05) is 13.0 Å². The third-order valence-electron chi connectivity index (χ3n) is 5.61. The van der Waals surface area contributed by atoms with Gasteiger partial charge in [0.25, 0.3) is 5.91 Å². The SMILES string of the molecule is Cc1c(C(=O)Nc2nc3c(s2)CN(Cc2ccccc2)CC3)cnn1-c1ccc(F)cc1. The van der Waals surface area contributed by atoms with Gasteiger partial charge < -0.3 is 0 Å². The molecule has 0 bridgehead atoms. The molecule has 2 aromatic carbocycles. The van der Waals surface area contributed by atoms with Crippen molar-refractivity contribution in [3.05, 3.63) is 94.0 Å². The molecule has 0 saturated heterocycles. The molecule has 0 unspecified atom stereocenters. The Kier molecular flexibility index (Phi) is 5.55. The topological polar surface area (TPSA) is 63.1 Å². The number of thiazole rings is 1. The highest BCUT2D eigenvalue weighted by Crippen LogP contribution is 2.29. The van der Waals surface area contributed by atoms with Crippen LogP contribution in [-0.4, -0.2) is 32.1 Å². The first-order valence-electron chi connectivity index (χ1n) is 10.4. The zero-order valence-electron chi connectivity index (χ0n) is 17.6. The number of nitrogens with one attached hydrogen (secondary N) is 1. The Labute approximate surface area is 189 Å². The predicted octanol–water partition coefficient (Wildman–Crippen LogP) is 4.59. The maximum absolute atomic E-state index is 13.2. The molecule has 6 nitrogen and oxygen atoms in total. The average Bonchev–Trinajstić information content (AvgIpc) is 3.37. The third-order valence-corrected chi connectivity index (χ3v) is 6.60. The first-order chi connectivity index (χ1) is 15.6. The molecular formula is C24H22FN5OS. The van der Waals surface area contributed by atoms with E-state index in [9.17, 15) is 9.18 Å². The maximum atomic E-state index is 13.2. The number of nitrogens with zero attached hydrogens (tertiary/aromatic N) is 4. The Morgan fingerprint density at radius 3 is 2.72 bits per heavy atom. The van der Waals surface area contributed by atoms with Crippen molar-refractivity contribution in [1.29, 1.82) is 0 Å². The Hall–Kier alpha value is -3.36. The van der Waals surface area contributed by atoms with Gasteiger partial charge in [0, 0.05) is 30.9 Å². The minimum absolute atomic E-state index is 0.247. The molecule has 0 spiro atoms. The van der Waals surface area contributed by atoms with E-state index in [4.69, 9.17) is 0 Å². The van der Waals surface area contributed by atoms with Gasteiger partial charge >= 0.3 is 0 Å². The Bertz CT molecular complexity index is 1250. The zero-order valence-corrected chi connectivity index (χ0v) is 18.4. The minimum Gasteiger partial charge on any atom is -0.298 e. The lowest BCUT2D eigenvalue weighted by Crippen LogP contribution is -2.29. The summed E-state index contributed by atoms with van der Waals surface area (Å²) in [7, 11) is 0. The molecule has 0 atom stereocenters. The summed E-state index contributed by atoms with van der Waals surface area (Å²) in [5.41, 5.74) is 4.21. The van der Waals surface area contributed by atoms with Gasteiger partial charge in [-0.2, -0.15) is 5.10 Å². The van der Waals surface area contributed by atoms with Gasteiger partial charge in [-0.3, -0.25) is 15.0 Å². The second kappa shape index (κ2) is 8.64. The fourth-order valence-electron chi connectivity index (χ4n) is 3.92. The molecule has 4 aromatic rings. The molecule has 3 heterocycles. The number of fused-ring (bicyclic) bond motifs is 1. The van der Waals surface area contributed by atoms with Gasteiger partial charge in [-0.15, -0.1) is 11.3 Å². The van der Waals surface area contributed by atoms with Crippen molar-refractivity contribution in [1.82, 2.24) is 19.7 Å². The normalized spacial score (nSPS) is 13.7. The van der Waals surface area contributed by atoms with Crippen molar-refractivity contribution in [2.24, 2.45) is 0 Å². The number of carbonyl (C=O) groups is 1. The van der Waals surface area contributed by atoms with Crippen molar-refractivity contribution in [2.75, 3.05) is 11.9 Å². The Balaban J connectivity index is 1.28. The summed E-state index contributed by atoms with van der Waals surface area (Å²) in [5.74, 6) is -0.560. The molecule has 1 aliphatic rings.